The molecule has 0 spiro atoms. The van der Waals surface area contributed by atoms with Crippen molar-refractivity contribution in [2.24, 2.45) is 0 Å². The lowest BCUT2D eigenvalue weighted by Gasteiger charge is -2.13. The molecule has 0 atom stereocenters. The molecule has 1 amide bonds. The maximum atomic E-state index is 13.9. The summed E-state index contributed by atoms with van der Waals surface area (Å²) in [4.78, 5) is 13.9. The van der Waals surface area contributed by atoms with Gasteiger partial charge >= 0.3 is 0 Å². The van der Waals surface area contributed by atoms with Crippen molar-refractivity contribution in [1.82, 2.24) is 25.3 Å². The van der Waals surface area contributed by atoms with E-state index < -0.39 is 0 Å². The van der Waals surface area contributed by atoms with Gasteiger partial charge in [-0.25, -0.2) is 4.68 Å². The first kappa shape index (κ1) is 28.2. The molecule has 2 heterocycles. The Hall–Kier alpha value is -2.94. The monoisotopic (exact) mass is 641 g/mol. The van der Waals surface area contributed by atoms with Gasteiger partial charge in [-0.2, -0.15) is 5.10 Å². The first-order chi connectivity index (χ1) is 19.7. The van der Waals surface area contributed by atoms with Crippen molar-refractivity contribution in [3.63, 3.8) is 0 Å². The molecule has 1 saturated carbocycles. The van der Waals surface area contributed by atoms with Crippen molar-refractivity contribution in [3.8, 4) is 27.6 Å². The summed E-state index contributed by atoms with van der Waals surface area (Å²) in [6, 6.07) is 20.1. The number of nitrogens with zero attached hydrogens (tertiary/aromatic N) is 4. The second-order valence-corrected chi connectivity index (χ2v) is 12.9. The zero-order chi connectivity index (χ0) is 28.9. The Bertz CT molecular complexity index is 1760. The van der Waals surface area contributed by atoms with Crippen molar-refractivity contribution >= 4 is 63.6 Å². The quantitative estimate of drug-likeness (QED) is 0.192. The Balaban J connectivity index is 1.57. The van der Waals surface area contributed by atoms with E-state index in [1.54, 1.807) is 35.0 Å². The molecule has 2 aromatic heterocycles. The fourth-order valence-electron chi connectivity index (χ4n) is 4.85. The summed E-state index contributed by atoms with van der Waals surface area (Å²) in [6.45, 7) is 3.82. The summed E-state index contributed by atoms with van der Waals surface area (Å²) in [6.07, 6.45) is 1.91. The molecule has 5 aromatic rings. The summed E-state index contributed by atoms with van der Waals surface area (Å²) in [5.41, 5.74) is 3.55. The van der Waals surface area contributed by atoms with E-state index in [9.17, 15) is 4.79 Å². The predicted molar refractivity (Wildman–Crippen MR) is 167 cm³/mol. The Kier molecular flexibility index (Phi) is 7.59. The third kappa shape index (κ3) is 5.38. The molecular weight excluding hydrogens is 620 g/mol. The molecule has 208 valence electrons. The van der Waals surface area contributed by atoms with Gasteiger partial charge in [0.05, 0.1) is 22.0 Å². The third-order valence-corrected chi connectivity index (χ3v) is 9.15. The molecule has 1 N–H and O–H groups in total. The molecule has 41 heavy (non-hydrogen) atoms. The largest absolute Gasteiger partial charge is 0.350 e. The highest BCUT2D eigenvalue weighted by atomic mass is 35.5. The van der Waals surface area contributed by atoms with Crippen molar-refractivity contribution in [2.75, 3.05) is 0 Å². The van der Waals surface area contributed by atoms with Gasteiger partial charge in [-0.15, -0.1) is 10.2 Å². The zero-order valence-electron chi connectivity index (χ0n) is 22.0. The molecule has 3 aromatic carbocycles. The average Bonchev–Trinajstić information content (AvgIpc) is 3.41. The van der Waals surface area contributed by atoms with E-state index in [0.29, 0.717) is 47.7 Å². The number of carbonyl (C=O) groups excluding carboxylic acids is 1. The molecule has 0 unspecified atom stereocenters. The van der Waals surface area contributed by atoms with E-state index in [0.717, 1.165) is 29.0 Å². The summed E-state index contributed by atoms with van der Waals surface area (Å²) >= 11 is 26.7. The molecule has 11 heteroatoms. The lowest BCUT2D eigenvalue weighted by atomic mass is 9.97. The average molecular weight is 643 g/mol. The molecule has 6 nitrogen and oxygen atoms in total. The van der Waals surface area contributed by atoms with Crippen LogP contribution in [0, 0.1) is 0 Å². The summed E-state index contributed by atoms with van der Waals surface area (Å²) in [5, 5.41) is 20.7. The highest BCUT2D eigenvalue weighted by Crippen LogP contribution is 2.55. The lowest BCUT2D eigenvalue weighted by Crippen LogP contribution is -2.30. The van der Waals surface area contributed by atoms with Gasteiger partial charge in [-0.3, -0.25) is 4.79 Å². The maximum absolute atomic E-state index is 13.9. The summed E-state index contributed by atoms with van der Waals surface area (Å²) in [5.74, 6) is -0.285. The topological polar surface area (TPSA) is 72.7 Å². The van der Waals surface area contributed by atoms with Gasteiger partial charge in [-0.05, 0) is 74.7 Å². The lowest BCUT2D eigenvalue weighted by molar-refractivity contribution is 0.0944. The molecule has 1 fully saturated rings. The molecule has 0 bridgehead atoms. The van der Waals surface area contributed by atoms with Crippen LogP contribution in [0.4, 0.5) is 0 Å². The number of rotatable bonds is 7. The van der Waals surface area contributed by atoms with Crippen LogP contribution in [0.5, 0.6) is 0 Å². The Morgan fingerprint density at radius 3 is 2.15 bits per heavy atom. The van der Waals surface area contributed by atoms with Gasteiger partial charge < -0.3 is 5.32 Å². The minimum Gasteiger partial charge on any atom is -0.350 e. The molecule has 1 aliphatic rings. The van der Waals surface area contributed by atoms with Crippen LogP contribution in [-0.2, 0) is 5.41 Å². The Labute approximate surface area is 261 Å². The minimum absolute atomic E-state index is 0.111. The highest BCUT2D eigenvalue weighted by molar-refractivity contribution is 7.14. The van der Waals surface area contributed by atoms with Crippen LogP contribution < -0.4 is 5.32 Å². The fraction of sp³-hybridized carbons (Fsp3) is 0.200. The Morgan fingerprint density at radius 2 is 1.54 bits per heavy atom. The smallest absolute Gasteiger partial charge is 0.256 e. The molecular formula is C30H23Cl4N5OS. The van der Waals surface area contributed by atoms with Crippen LogP contribution in [0.3, 0.4) is 0 Å². The van der Waals surface area contributed by atoms with Crippen LogP contribution in [0.25, 0.3) is 27.6 Å². The van der Waals surface area contributed by atoms with E-state index in [2.05, 4.69) is 15.5 Å². The highest BCUT2D eigenvalue weighted by Gasteiger charge is 2.49. The number of amides is 1. The standard InChI is InChI=1S/C30H23Cl4N5OS/c1-16(2)35-27(40)24-25(28-36-37-29(41-28)30(13-14-30)18-5-9-20(32)10-6-18)38-39(23-12-11-21(33)15-22(23)34)26(24)17-3-7-19(31)8-4-17/h3-12,15-16H,13-14H2,1-2H3,(H,35,40). The fourth-order valence-corrected chi connectivity index (χ4v) is 6.70. The van der Waals surface area contributed by atoms with E-state index in [1.807, 2.05) is 50.2 Å². The zero-order valence-corrected chi connectivity index (χ0v) is 25.8. The van der Waals surface area contributed by atoms with E-state index >= 15 is 0 Å². The van der Waals surface area contributed by atoms with Crippen LogP contribution in [-0.4, -0.2) is 31.9 Å². The second kappa shape index (κ2) is 11.0. The number of benzene rings is 3. The van der Waals surface area contributed by atoms with Crippen molar-refractivity contribution in [1.29, 1.82) is 0 Å². The second-order valence-electron chi connectivity index (χ2n) is 10.2. The van der Waals surface area contributed by atoms with E-state index in [-0.39, 0.29) is 17.4 Å². The van der Waals surface area contributed by atoms with Crippen LogP contribution in [0.1, 0.15) is 47.6 Å². The first-order valence-corrected chi connectivity index (χ1v) is 15.2. The van der Waals surface area contributed by atoms with Crippen LogP contribution >= 0.6 is 57.7 Å². The van der Waals surface area contributed by atoms with Crippen molar-refractivity contribution in [3.05, 3.63) is 103 Å². The van der Waals surface area contributed by atoms with Gasteiger partial charge in [-0.1, -0.05) is 82.0 Å². The SMILES string of the molecule is CC(C)NC(=O)c1c(-c2nnc(C3(c4ccc(Cl)cc4)CC3)s2)nn(-c2ccc(Cl)cc2Cl)c1-c1ccc(Cl)cc1. The van der Waals surface area contributed by atoms with E-state index in [1.165, 1.54) is 11.3 Å². The first-order valence-electron chi connectivity index (χ1n) is 12.9. The van der Waals surface area contributed by atoms with Crippen molar-refractivity contribution in [2.45, 2.75) is 38.1 Å². The number of aromatic nitrogens is 4. The molecule has 0 saturated heterocycles. The number of nitrogens with one attached hydrogen (secondary N) is 1. The van der Waals surface area contributed by atoms with Gasteiger partial charge in [0.2, 0.25) is 0 Å². The maximum Gasteiger partial charge on any atom is 0.256 e. The van der Waals surface area contributed by atoms with Gasteiger partial charge in [0.15, 0.2) is 5.01 Å². The number of hydrogen-bond donors (Lipinski definition) is 1. The number of halogens is 4. The third-order valence-electron chi connectivity index (χ3n) is 6.97. The summed E-state index contributed by atoms with van der Waals surface area (Å²) in [7, 11) is 0. The minimum atomic E-state index is -0.285. The molecule has 0 aliphatic heterocycles. The molecule has 1 aliphatic carbocycles. The normalized spacial score (nSPS) is 13.9. The number of carbonyl (C=O) groups is 1. The van der Waals surface area contributed by atoms with Gasteiger partial charge in [0.1, 0.15) is 10.7 Å². The molecule has 0 radical (unpaired) electrons. The molecule has 6 rings (SSSR count). The summed E-state index contributed by atoms with van der Waals surface area (Å²) < 4.78 is 1.67. The van der Waals surface area contributed by atoms with E-state index in [4.69, 9.17) is 51.5 Å². The van der Waals surface area contributed by atoms with Gasteiger partial charge in [0, 0.05) is 32.1 Å². The van der Waals surface area contributed by atoms with Gasteiger partial charge in [0.25, 0.3) is 5.91 Å². The predicted octanol–water partition coefficient (Wildman–Crippen LogP) is 8.89. The number of hydrogen-bond acceptors (Lipinski definition) is 5. The van der Waals surface area contributed by atoms with Crippen molar-refractivity contribution < 1.29 is 4.79 Å². The van der Waals surface area contributed by atoms with Crippen LogP contribution in [0.2, 0.25) is 20.1 Å². The Morgan fingerprint density at radius 1 is 0.902 bits per heavy atom. The van der Waals surface area contributed by atoms with Crippen LogP contribution in [0.15, 0.2) is 66.7 Å².